The van der Waals surface area contributed by atoms with E-state index in [1.54, 1.807) is 13.8 Å². The summed E-state index contributed by atoms with van der Waals surface area (Å²) in [5.41, 5.74) is -0.716. The smallest absolute Gasteiger partial charge is 0.274 e. The van der Waals surface area contributed by atoms with Gasteiger partial charge in [-0.25, -0.2) is 4.39 Å². The van der Waals surface area contributed by atoms with E-state index in [4.69, 9.17) is 6.42 Å². The predicted molar refractivity (Wildman–Crippen MR) is 59.6 cm³/mol. The first kappa shape index (κ1) is 12.0. The molecule has 0 spiro atoms. The van der Waals surface area contributed by atoms with Crippen molar-refractivity contribution in [2.45, 2.75) is 19.4 Å². The molecule has 1 aromatic carbocycles. The molecule has 0 atom stereocenters. The Hall–Kier alpha value is -2.09. The van der Waals surface area contributed by atoms with E-state index in [1.165, 1.54) is 6.07 Å². The number of halogens is 1. The van der Waals surface area contributed by atoms with Crippen LogP contribution >= 0.6 is 0 Å². The van der Waals surface area contributed by atoms with Gasteiger partial charge in [-0.2, -0.15) is 0 Å². The van der Waals surface area contributed by atoms with Crippen molar-refractivity contribution in [3.05, 3.63) is 34.1 Å². The van der Waals surface area contributed by atoms with Crippen LogP contribution in [0.4, 0.5) is 15.8 Å². The van der Waals surface area contributed by atoms with Gasteiger partial charge >= 0.3 is 0 Å². The molecule has 0 unspecified atom stereocenters. The number of nitrogens with one attached hydrogen (secondary N) is 1. The average molecular weight is 222 g/mol. The fourth-order valence-electron chi connectivity index (χ4n) is 1.15. The summed E-state index contributed by atoms with van der Waals surface area (Å²) in [7, 11) is 0. The predicted octanol–water partition coefficient (Wildman–Crippen LogP) is 2.56. The van der Waals surface area contributed by atoms with Crippen LogP contribution in [-0.2, 0) is 0 Å². The van der Waals surface area contributed by atoms with E-state index in [0.717, 1.165) is 12.1 Å². The highest BCUT2D eigenvalue weighted by molar-refractivity contribution is 5.54. The van der Waals surface area contributed by atoms with Crippen molar-refractivity contribution >= 4 is 11.4 Å². The standard InChI is InChI=1S/C11H11FN2O2/c1-4-11(2,3)13-9-5-8(12)6-10(7-9)14(15)16/h1,5-7,13H,2-3H3. The minimum atomic E-state index is -0.693. The molecule has 5 heteroatoms. The molecular formula is C11H11FN2O2. The number of terminal acetylenes is 1. The third kappa shape index (κ3) is 2.95. The van der Waals surface area contributed by atoms with Crippen molar-refractivity contribution in [1.82, 2.24) is 0 Å². The molecule has 1 aromatic rings. The molecule has 0 saturated carbocycles. The van der Waals surface area contributed by atoms with Gasteiger partial charge in [0.05, 0.1) is 16.5 Å². The summed E-state index contributed by atoms with van der Waals surface area (Å²) < 4.78 is 13.1. The van der Waals surface area contributed by atoms with Gasteiger partial charge in [-0.1, -0.05) is 5.92 Å². The lowest BCUT2D eigenvalue weighted by molar-refractivity contribution is -0.385. The van der Waals surface area contributed by atoms with Gasteiger partial charge in [-0.05, 0) is 19.9 Å². The third-order valence-corrected chi connectivity index (χ3v) is 1.91. The van der Waals surface area contributed by atoms with Gasteiger partial charge in [-0.15, -0.1) is 6.42 Å². The van der Waals surface area contributed by atoms with Gasteiger partial charge in [0.2, 0.25) is 0 Å². The minimum absolute atomic E-state index is 0.287. The summed E-state index contributed by atoms with van der Waals surface area (Å²) in [4.78, 5) is 9.86. The number of hydrogen-bond donors (Lipinski definition) is 1. The van der Waals surface area contributed by atoms with E-state index in [2.05, 4.69) is 11.2 Å². The van der Waals surface area contributed by atoms with E-state index in [-0.39, 0.29) is 11.4 Å². The quantitative estimate of drug-likeness (QED) is 0.485. The Morgan fingerprint density at radius 3 is 2.62 bits per heavy atom. The second-order valence-corrected chi connectivity index (χ2v) is 3.85. The molecule has 0 fully saturated rings. The van der Waals surface area contributed by atoms with Crippen LogP contribution in [0.1, 0.15) is 13.8 Å². The molecule has 1 N–H and O–H groups in total. The second-order valence-electron chi connectivity index (χ2n) is 3.85. The van der Waals surface area contributed by atoms with Gasteiger partial charge in [0.15, 0.2) is 0 Å². The number of benzene rings is 1. The Balaban J connectivity index is 3.07. The Bertz CT molecular complexity index is 464. The molecule has 1 rings (SSSR count). The normalized spacial score (nSPS) is 10.6. The Morgan fingerprint density at radius 2 is 2.12 bits per heavy atom. The van der Waals surface area contributed by atoms with Crippen LogP contribution in [0.3, 0.4) is 0 Å². The summed E-state index contributed by atoms with van der Waals surface area (Å²) in [5.74, 6) is 1.78. The summed E-state index contributed by atoms with van der Waals surface area (Å²) in [5, 5.41) is 13.3. The lowest BCUT2D eigenvalue weighted by Crippen LogP contribution is -2.28. The number of anilines is 1. The zero-order valence-corrected chi connectivity index (χ0v) is 8.95. The first-order valence-corrected chi connectivity index (χ1v) is 4.55. The number of nitro groups is 1. The Morgan fingerprint density at radius 1 is 1.50 bits per heavy atom. The van der Waals surface area contributed by atoms with Crippen LogP contribution < -0.4 is 5.32 Å². The minimum Gasteiger partial charge on any atom is -0.369 e. The van der Waals surface area contributed by atoms with Crippen molar-refractivity contribution in [3.63, 3.8) is 0 Å². The van der Waals surface area contributed by atoms with Crippen LogP contribution in [0.2, 0.25) is 0 Å². The van der Waals surface area contributed by atoms with Crippen LogP contribution in [0.5, 0.6) is 0 Å². The van der Waals surface area contributed by atoms with Gasteiger partial charge < -0.3 is 5.32 Å². The molecule has 84 valence electrons. The lowest BCUT2D eigenvalue weighted by atomic mass is 10.1. The molecule has 0 radical (unpaired) electrons. The van der Waals surface area contributed by atoms with Crippen LogP contribution in [0.25, 0.3) is 0 Å². The first-order valence-electron chi connectivity index (χ1n) is 4.55. The SMILES string of the molecule is C#CC(C)(C)Nc1cc(F)cc([N+](=O)[O-])c1. The molecule has 0 amide bonds. The van der Waals surface area contributed by atoms with Crippen molar-refractivity contribution in [2.75, 3.05) is 5.32 Å². The van der Waals surface area contributed by atoms with Crippen molar-refractivity contribution in [1.29, 1.82) is 0 Å². The zero-order valence-electron chi connectivity index (χ0n) is 8.95. The van der Waals surface area contributed by atoms with E-state index in [9.17, 15) is 14.5 Å². The maximum absolute atomic E-state index is 13.1. The maximum atomic E-state index is 13.1. The fourth-order valence-corrected chi connectivity index (χ4v) is 1.15. The molecule has 16 heavy (non-hydrogen) atoms. The molecule has 4 nitrogen and oxygen atoms in total. The Labute approximate surface area is 92.6 Å². The molecular weight excluding hydrogens is 211 g/mol. The zero-order chi connectivity index (χ0) is 12.3. The van der Waals surface area contributed by atoms with Gasteiger partial charge in [0.1, 0.15) is 5.82 Å². The van der Waals surface area contributed by atoms with Gasteiger partial charge in [0, 0.05) is 11.8 Å². The Kier molecular flexibility index (Phi) is 3.14. The summed E-state index contributed by atoms with van der Waals surface area (Å²) >= 11 is 0. The van der Waals surface area contributed by atoms with E-state index in [1.807, 2.05) is 0 Å². The van der Waals surface area contributed by atoms with E-state index >= 15 is 0 Å². The summed E-state index contributed by atoms with van der Waals surface area (Å²) in [6.07, 6.45) is 5.25. The number of nitro benzene ring substituents is 1. The highest BCUT2D eigenvalue weighted by atomic mass is 19.1. The first-order chi connectivity index (χ1) is 7.34. The highest BCUT2D eigenvalue weighted by Gasteiger charge is 2.16. The molecule has 0 aliphatic carbocycles. The maximum Gasteiger partial charge on any atom is 0.274 e. The highest BCUT2D eigenvalue weighted by Crippen LogP contribution is 2.22. The van der Waals surface area contributed by atoms with Crippen LogP contribution in [0, 0.1) is 28.3 Å². The fraction of sp³-hybridized carbons (Fsp3) is 0.273. The summed E-state index contributed by atoms with van der Waals surface area (Å²) in [6.45, 7) is 3.42. The van der Waals surface area contributed by atoms with Crippen molar-refractivity contribution in [3.8, 4) is 12.3 Å². The molecule has 0 aromatic heterocycles. The van der Waals surface area contributed by atoms with E-state index in [0.29, 0.717) is 0 Å². The number of rotatable bonds is 3. The van der Waals surface area contributed by atoms with Gasteiger partial charge in [0.25, 0.3) is 5.69 Å². The van der Waals surface area contributed by atoms with Crippen molar-refractivity contribution < 1.29 is 9.31 Å². The second kappa shape index (κ2) is 4.19. The molecule has 0 aliphatic heterocycles. The topological polar surface area (TPSA) is 55.2 Å². The van der Waals surface area contributed by atoms with Crippen molar-refractivity contribution in [2.24, 2.45) is 0 Å². The monoisotopic (exact) mass is 222 g/mol. The number of hydrogen-bond acceptors (Lipinski definition) is 3. The average Bonchev–Trinajstić information content (AvgIpc) is 2.16. The number of non-ortho nitro benzene ring substituents is 1. The molecule has 0 saturated heterocycles. The molecule has 0 aliphatic rings. The van der Waals surface area contributed by atoms with E-state index < -0.39 is 16.3 Å². The number of nitrogens with zero attached hydrogens (tertiary/aromatic N) is 1. The van der Waals surface area contributed by atoms with Crippen LogP contribution in [0.15, 0.2) is 18.2 Å². The van der Waals surface area contributed by atoms with Crippen LogP contribution in [-0.4, -0.2) is 10.5 Å². The third-order valence-electron chi connectivity index (χ3n) is 1.91. The summed E-state index contributed by atoms with van der Waals surface area (Å²) in [6, 6.07) is 3.25. The lowest BCUT2D eigenvalue weighted by Gasteiger charge is -2.20. The molecule has 0 bridgehead atoms. The largest absolute Gasteiger partial charge is 0.369 e. The molecule has 0 heterocycles. The van der Waals surface area contributed by atoms with Gasteiger partial charge in [-0.3, -0.25) is 10.1 Å².